The van der Waals surface area contributed by atoms with Crippen LogP contribution in [0.4, 0.5) is 0 Å². The molecular formula is C21H23ClO3. The molecule has 1 saturated carbocycles. The Bertz CT molecular complexity index is 711. The summed E-state index contributed by atoms with van der Waals surface area (Å²) >= 11 is 6.88. The first kappa shape index (κ1) is 16.9. The van der Waals surface area contributed by atoms with Crippen LogP contribution in [0.5, 0.6) is 0 Å². The minimum Gasteiger partial charge on any atom is -0.463 e. The van der Waals surface area contributed by atoms with Crippen molar-refractivity contribution in [2.24, 2.45) is 23.2 Å². The maximum absolute atomic E-state index is 12.6. The fourth-order valence-electron chi connectivity index (χ4n) is 4.90. The Hall–Kier alpha value is -1.58. The molecule has 0 aliphatic heterocycles. The van der Waals surface area contributed by atoms with Gasteiger partial charge in [0.25, 0.3) is 0 Å². The van der Waals surface area contributed by atoms with Crippen molar-refractivity contribution in [2.45, 2.75) is 25.3 Å². The van der Waals surface area contributed by atoms with Crippen molar-refractivity contribution in [1.82, 2.24) is 0 Å². The highest BCUT2D eigenvalue weighted by atomic mass is 35.5. The molecule has 0 amide bonds. The molecule has 0 heterocycles. The molecule has 0 aromatic heterocycles. The van der Waals surface area contributed by atoms with Crippen LogP contribution in [0.15, 0.2) is 54.1 Å². The summed E-state index contributed by atoms with van der Waals surface area (Å²) in [5, 5.41) is -0.109. The first-order valence-corrected chi connectivity index (χ1v) is 9.44. The third kappa shape index (κ3) is 2.56. The average Bonchev–Trinajstić information content (AvgIpc) is 3.26. The lowest BCUT2D eigenvalue weighted by Gasteiger charge is -2.37. The van der Waals surface area contributed by atoms with E-state index >= 15 is 0 Å². The summed E-state index contributed by atoms with van der Waals surface area (Å²) < 4.78 is 11.4. The van der Waals surface area contributed by atoms with Crippen LogP contribution in [0.1, 0.15) is 18.9 Å². The number of carbonyl (C=O) groups excluding carboxylic acids is 1. The summed E-state index contributed by atoms with van der Waals surface area (Å²) in [6.07, 6.45) is 7.50. The largest absolute Gasteiger partial charge is 0.463 e. The van der Waals surface area contributed by atoms with Gasteiger partial charge in [0.2, 0.25) is 0 Å². The third-order valence-corrected chi connectivity index (χ3v) is 6.64. The fraction of sp³-hybridized carbons (Fsp3) is 0.476. The summed E-state index contributed by atoms with van der Waals surface area (Å²) in [5.74, 6) is 0.718. The molecule has 4 heteroatoms. The van der Waals surface area contributed by atoms with E-state index in [9.17, 15) is 4.79 Å². The second-order valence-electron chi connectivity index (χ2n) is 7.15. The van der Waals surface area contributed by atoms with Gasteiger partial charge >= 0.3 is 5.97 Å². The molecule has 2 bridgehead atoms. The maximum atomic E-state index is 12.6. The molecular weight excluding hydrogens is 336 g/mol. The molecule has 3 aliphatic carbocycles. The molecule has 1 aromatic rings. The molecule has 0 saturated heterocycles. The lowest BCUT2D eigenvalue weighted by atomic mass is 9.70. The molecule has 0 spiro atoms. The van der Waals surface area contributed by atoms with Crippen molar-refractivity contribution in [1.29, 1.82) is 0 Å². The minimum absolute atomic E-state index is 0.109. The van der Waals surface area contributed by atoms with Gasteiger partial charge in [0.1, 0.15) is 0 Å². The summed E-state index contributed by atoms with van der Waals surface area (Å²) in [5.41, 5.74) is 1.42. The molecule has 25 heavy (non-hydrogen) atoms. The Morgan fingerprint density at radius 2 is 2.08 bits per heavy atom. The third-order valence-electron chi connectivity index (χ3n) is 5.96. The monoisotopic (exact) mass is 358 g/mol. The number of fused-ring (bicyclic) bond motifs is 5. The van der Waals surface area contributed by atoms with Crippen molar-refractivity contribution in [2.75, 3.05) is 13.2 Å². The van der Waals surface area contributed by atoms with E-state index in [-0.39, 0.29) is 17.3 Å². The van der Waals surface area contributed by atoms with E-state index in [1.54, 1.807) is 0 Å². The SMILES string of the molecule is CCOC(=O)C1=CC2C3C=CCC3C1(COCc1ccccc1)C2Cl. The second kappa shape index (κ2) is 6.62. The topological polar surface area (TPSA) is 35.5 Å². The van der Waals surface area contributed by atoms with Gasteiger partial charge in [-0.2, -0.15) is 0 Å². The highest BCUT2D eigenvalue weighted by Gasteiger charge is 2.66. The van der Waals surface area contributed by atoms with Crippen LogP contribution in [-0.2, 0) is 20.9 Å². The van der Waals surface area contributed by atoms with Gasteiger partial charge in [-0.15, -0.1) is 11.6 Å². The number of hydrogen-bond donors (Lipinski definition) is 0. The number of benzene rings is 1. The Morgan fingerprint density at radius 1 is 1.28 bits per heavy atom. The van der Waals surface area contributed by atoms with Gasteiger partial charge in [0.05, 0.1) is 25.2 Å². The van der Waals surface area contributed by atoms with Gasteiger partial charge in [-0.05, 0) is 30.7 Å². The highest BCUT2D eigenvalue weighted by Crippen LogP contribution is 2.65. The molecule has 0 radical (unpaired) electrons. The number of hydrogen-bond acceptors (Lipinski definition) is 3. The van der Waals surface area contributed by atoms with Crippen molar-refractivity contribution in [3.05, 3.63) is 59.7 Å². The molecule has 4 rings (SSSR count). The lowest BCUT2D eigenvalue weighted by Crippen LogP contribution is -2.41. The highest BCUT2D eigenvalue weighted by molar-refractivity contribution is 6.23. The summed E-state index contributed by atoms with van der Waals surface area (Å²) in [6.45, 7) is 3.20. The average molecular weight is 359 g/mol. The van der Waals surface area contributed by atoms with Crippen LogP contribution < -0.4 is 0 Å². The summed E-state index contributed by atoms with van der Waals surface area (Å²) in [6, 6.07) is 10.1. The van der Waals surface area contributed by atoms with E-state index in [2.05, 4.69) is 18.2 Å². The van der Waals surface area contributed by atoms with Crippen molar-refractivity contribution in [3.63, 3.8) is 0 Å². The van der Waals surface area contributed by atoms with E-state index in [4.69, 9.17) is 21.1 Å². The first-order chi connectivity index (χ1) is 12.2. The Labute approximate surface area is 153 Å². The predicted octanol–water partition coefficient (Wildman–Crippen LogP) is 4.12. The summed E-state index contributed by atoms with van der Waals surface area (Å²) in [4.78, 5) is 12.6. The lowest BCUT2D eigenvalue weighted by molar-refractivity contribution is -0.141. The number of carbonyl (C=O) groups is 1. The van der Waals surface area contributed by atoms with E-state index in [0.717, 1.165) is 17.6 Å². The van der Waals surface area contributed by atoms with Crippen LogP contribution in [-0.4, -0.2) is 24.6 Å². The van der Waals surface area contributed by atoms with Crippen LogP contribution >= 0.6 is 11.6 Å². The zero-order valence-corrected chi connectivity index (χ0v) is 15.1. The summed E-state index contributed by atoms with van der Waals surface area (Å²) in [7, 11) is 0. The molecule has 3 aliphatic rings. The molecule has 1 aromatic carbocycles. The number of rotatable bonds is 6. The number of alkyl halides is 1. The molecule has 5 atom stereocenters. The molecule has 3 nitrogen and oxygen atoms in total. The van der Waals surface area contributed by atoms with Crippen molar-refractivity contribution < 1.29 is 14.3 Å². The van der Waals surface area contributed by atoms with Gasteiger partial charge in [-0.1, -0.05) is 48.6 Å². The quantitative estimate of drug-likeness (QED) is 0.436. The van der Waals surface area contributed by atoms with E-state index in [0.29, 0.717) is 31.7 Å². The van der Waals surface area contributed by atoms with Gasteiger partial charge < -0.3 is 9.47 Å². The van der Waals surface area contributed by atoms with Gasteiger partial charge in [0.15, 0.2) is 0 Å². The minimum atomic E-state index is -0.443. The van der Waals surface area contributed by atoms with Crippen molar-refractivity contribution in [3.8, 4) is 0 Å². The van der Waals surface area contributed by atoms with Crippen LogP contribution in [0, 0.1) is 23.2 Å². The number of ether oxygens (including phenoxy) is 2. The number of allylic oxidation sites excluding steroid dienone is 3. The molecule has 0 N–H and O–H groups in total. The van der Waals surface area contributed by atoms with E-state index < -0.39 is 5.41 Å². The van der Waals surface area contributed by atoms with Crippen molar-refractivity contribution >= 4 is 17.6 Å². The van der Waals surface area contributed by atoms with Crippen LogP contribution in [0.2, 0.25) is 0 Å². The van der Waals surface area contributed by atoms with E-state index in [1.165, 1.54) is 0 Å². The molecule has 1 fully saturated rings. The van der Waals surface area contributed by atoms with Gasteiger partial charge in [0, 0.05) is 16.9 Å². The zero-order chi connectivity index (χ0) is 17.4. The van der Waals surface area contributed by atoms with Crippen LogP contribution in [0.25, 0.3) is 0 Å². The van der Waals surface area contributed by atoms with Gasteiger partial charge in [-0.3, -0.25) is 0 Å². The predicted molar refractivity (Wildman–Crippen MR) is 97.1 cm³/mol. The standard InChI is InChI=1S/C21H23ClO3/c1-2-25-20(23)18-11-16-15-9-6-10-17(15)21(18,19(16)22)13-24-12-14-7-4-3-5-8-14/h3-9,11,15-17,19H,2,10,12-13H2,1H3. The Kier molecular flexibility index (Phi) is 4.47. The first-order valence-electron chi connectivity index (χ1n) is 9.00. The van der Waals surface area contributed by atoms with Gasteiger partial charge in [-0.25, -0.2) is 4.79 Å². The second-order valence-corrected chi connectivity index (χ2v) is 7.62. The van der Waals surface area contributed by atoms with Crippen LogP contribution in [0.3, 0.4) is 0 Å². The maximum Gasteiger partial charge on any atom is 0.334 e. The fourth-order valence-corrected chi connectivity index (χ4v) is 5.48. The number of esters is 1. The Morgan fingerprint density at radius 3 is 2.84 bits per heavy atom. The smallest absolute Gasteiger partial charge is 0.334 e. The molecule has 132 valence electrons. The molecule has 5 unspecified atom stereocenters. The normalized spacial score (nSPS) is 34.9. The van der Waals surface area contributed by atoms with E-state index in [1.807, 2.05) is 37.3 Å². The Balaban J connectivity index is 1.58. The zero-order valence-electron chi connectivity index (χ0n) is 14.4. The number of halogens is 1.